The molecule has 1 unspecified atom stereocenters. The number of hydrogen-bond donors (Lipinski definition) is 2. The van der Waals surface area contributed by atoms with Gasteiger partial charge in [-0.15, -0.1) is 0 Å². The lowest BCUT2D eigenvalue weighted by Crippen LogP contribution is -2.39. The van der Waals surface area contributed by atoms with E-state index in [1.165, 1.54) is 19.2 Å². The summed E-state index contributed by atoms with van der Waals surface area (Å²) in [6.45, 7) is 0.308. The Bertz CT molecular complexity index is 405. The summed E-state index contributed by atoms with van der Waals surface area (Å²) in [6.07, 6.45) is -0.997. The third-order valence-electron chi connectivity index (χ3n) is 2.42. The summed E-state index contributed by atoms with van der Waals surface area (Å²) in [5.74, 6) is 0.0365. The Hall–Kier alpha value is -1.40. The molecule has 0 aliphatic heterocycles. The zero-order valence-electron chi connectivity index (χ0n) is 10.5. The van der Waals surface area contributed by atoms with Gasteiger partial charge in [-0.05, 0) is 31.5 Å². The van der Waals surface area contributed by atoms with Crippen molar-refractivity contribution in [2.45, 2.75) is 32.1 Å². The maximum absolute atomic E-state index is 12.2. The first kappa shape index (κ1) is 14.7. The molecule has 3 N–H and O–H groups in total. The SMILES string of the molecule is COc1ccc(C(O)C(C)(C)N)cc1OC(F)F. The largest absolute Gasteiger partial charge is 0.493 e. The van der Waals surface area contributed by atoms with E-state index in [1.807, 2.05) is 0 Å². The Morgan fingerprint density at radius 2 is 1.89 bits per heavy atom. The van der Waals surface area contributed by atoms with Gasteiger partial charge in [-0.1, -0.05) is 6.07 Å². The summed E-state index contributed by atoms with van der Waals surface area (Å²) in [7, 11) is 1.34. The van der Waals surface area contributed by atoms with E-state index in [1.54, 1.807) is 19.9 Å². The molecule has 0 spiro atoms. The first-order valence-corrected chi connectivity index (χ1v) is 5.35. The summed E-state index contributed by atoms with van der Waals surface area (Å²) < 4.78 is 33.7. The minimum absolute atomic E-state index is 0.131. The molecular formula is C12H17F2NO3. The van der Waals surface area contributed by atoms with Crippen LogP contribution < -0.4 is 15.2 Å². The number of nitrogens with two attached hydrogens (primary N) is 1. The van der Waals surface area contributed by atoms with Crippen LogP contribution in [0, 0.1) is 0 Å². The highest BCUT2D eigenvalue weighted by molar-refractivity contribution is 5.44. The molecule has 1 atom stereocenters. The summed E-state index contributed by atoms with van der Waals surface area (Å²) >= 11 is 0. The van der Waals surface area contributed by atoms with Crippen LogP contribution in [0.5, 0.6) is 11.5 Å². The fourth-order valence-electron chi connectivity index (χ4n) is 1.48. The van der Waals surface area contributed by atoms with Crippen LogP contribution >= 0.6 is 0 Å². The van der Waals surface area contributed by atoms with Crippen molar-refractivity contribution in [3.63, 3.8) is 0 Å². The normalized spacial score (nSPS) is 13.6. The van der Waals surface area contributed by atoms with Crippen molar-refractivity contribution in [1.82, 2.24) is 0 Å². The smallest absolute Gasteiger partial charge is 0.387 e. The second-order valence-corrected chi connectivity index (χ2v) is 4.51. The number of aliphatic hydroxyl groups is 1. The average Bonchev–Trinajstić information content (AvgIpc) is 2.26. The van der Waals surface area contributed by atoms with Crippen LogP contribution in [0.1, 0.15) is 25.5 Å². The molecule has 1 aromatic carbocycles. The van der Waals surface area contributed by atoms with Gasteiger partial charge in [0.1, 0.15) is 0 Å². The molecule has 6 heteroatoms. The molecule has 0 bridgehead atoms. The van der Waals surface area contributed by atoms with Crippen LogP contribution in [0.3, 0.4) is 0 Å². The average molecular weight is 261 g/mol. The Morgan fingerprint density at radius 3 is 2.33 bits per heavy atom. The molecule has 0 radical (unpaired) electrons. The first-order chi connectivity index (χ1) is 8.25. The van der Waals surface area contributed by atoms with Gasteiger partial charge in [0.15, 0.2) is 11.5 Å². The summed E-state index contributed by atoms with van der Waals surface area (Å²) in [4.78, 5) is 0. The highest BCUT2D eigenvalue weighted by Crippen LogP contribution is 2.33. The fourth-order valence-corrected chi connectivity index (χ4v) is 1.48. The quantitative estimate of drug-likeness (QED) is 0.851. The molecule has 1 aromatic rings. The van der Waals surface area contributed by atoms with E-state index in [9.17, 15) is 13.9 Å². The zero-order chi connectivity index (χ0) is 13.9. The van der Waals surface area contributed by atoms with E-state index in [2.05, 4.69) is 4.74 Å². The monoisotopic (exact) mass is 261 g/mol. The number of alkyl halides is 2. The molecule has 18 heavy (non-hydrogen) atoms. The second kappa shape index (κ2) is 5.49. The number of aliphatic hydroxyl groups excluding tert-OH is 1. The van der Waals surface area contributed by atoms with Gasteiger partial charge < -0.3 is 20.3 Å². The van der Waals surface area contributed by atoms with Crippen molar-refractivity contribution in [2.24, 2.45) is 5.73 Å². The molecule has 4 nitrogen and oxygen atoms in total. The molecule has 0 fully saturated rings. The van der Waals surface area contributed by atoms with Crippen LogP contribution in [0.25, 0.3) is 0 Å². The minimum atomic E-state index is -2.96. The number of rotatable bonds is 5. The van der Waals surface area contributed by atoms with Gasteiger partial charge in [0.25, 0.3) is 0 Å². The van der Waals surface area contributed by atoms with E-state index >= 15 is 0 Å². The highest BCUT2D eigenvalue weighted by Gasteiger charge is 2.25. The van der Waals surface area contributed by atoms with Gasteiger partial charge in [-0.2, -0.15) is 8.78 Å². The Labute approximate surface area is 104 Å². The third kappa shape index (κ3) is 3.54. The van der Waals surface area contributed by atoms with Gasteiger partial charge in [0, 0.05) is 5.54 Å². The fraction of sp³-hybridized carbons (Fsp3) is 0.500. The van der Waals surface area contributed by atoms with Gasteiger partial charge in [-0.25, -0.2) is 0 Å². The Morgan fingerprint density at radius 1 is 1.28 bits per heavy atom. The Balaban J connectivity index is 3.10. The summed E-state index contributed by atoms with van der Waals surface area (Å²) in [5, 5.41) is 9.97. The lowest BCUT2D eigenvalue weighted by molar-refractivity contribution is -0.0514. The molecule has 0 amide bonds. The summed E-state index contributed by atoms with van der Waals surface area (Å²) in [6, 6.07) is 4.29. The highest BCUT2D eigenvalue weighted by atomic mass is 19.3. The molecule has 0 heterocycles. The summed E-state index contributed by atoms with van der Waals surface area (Å²) in [5.41, 5.74) is 5.26. The van der Waals surface area contributed by atoms with E-state index in [0.717, 1.165) is 0 Å². The standard InChI is InChI=1S/C12H17F2NO3/c1-12(2,15)10(16)7-4-5-8(17-3)9(6-7)18-11(13)14/h4-6,10-11,16H,15H2,1-3H3. The van der Waals surface area contributed by atoms with Gasteiger partial charge in [-0.3, -0.25) is 0 Å². The van der Waals surface area contributed by atoms with E-state index in [4.69, 9.17) is 10.5 Å². The molecule has 0 aromatic heterocycles. The van der Waals surface area contributed by atoms with Crippen molar-refractivity contribution in [2.75, 3.05) is 7.11 Å². The maximum atomic E-state index is 12.2. The molecule has 0 saturated carbocycles. The van der Waals surface area contributed by atoms with E-state index in [-0.39, 0.29) is 11.5 Å². The topological polar surface area (TPSA) is 64.7 Å². The number of halogens is 2. The lowest BCUT2D eigenvalue weighted by atomic mass is 9.92. The maximum Gasteiger partial charge on any atom is 0.387 e. The van der Waals surface area contributed by atoms with E-state index in [0.29, 0.717) is 5.56 Å². The number of benzene rings is 1. The molecule has 0 saturated heterocycles. The predicted molar refractivity (Wildman–Crippen MR) is 62.9 cm³/mol. The number of ether oxygens (including phenoxy) is 2. The molecule has 0 aliphatic rings. The number of hydrogen-bond acceptors (Lipinski definition) is 4. The minimum Gasteiger partial charge on any atom is -0.493 e. The van der Waals surface area contributed by atoms with Gasteiger partial charge in [0.2, 0.25) is 0 Å². The van der Waals surface area contributed by atoms with Crippen LogP contribution in [0.4, 0.5) is 8.78 Å². The van der Waals surface area contributed by atoms with Crippen molar-refractivity contribution in [1.29, 1.82) is 0 Å². The molecular weight excluding hydrogens is 244 g/mol. The van der Waals surface area contributed by atoms with Crippen LogP contribution in [0.2, 0.25) is 0 Å². The zero-order valence-corrected chi connectivity index (χ0v) is 10.5. The van der Waals surface area contributed by atoms with E-state index < -0.39 is 18.3 Å². The van der Waals surface area contributed by atoms with Gasteiger partial charge in [0.05, 0.1) is 13.2 Å². The van der Waals surface area contributed by atoms with Crippen LogP contribution in [0.15, 0.2) is 18.2 Å². The number of methoxy groups -OCH3 is 1. The third-order valence-corrected chi connectivity index (χ3v) is 2.42. The predicted octanol–water partition coefficient (Wildman–Crippen LogP) is 2.07. The first-order valence-electron chi connectivity index (χ1n) is 5.35. The van der Waals surface area contributed by atoms with Crippen molar-refractivity contribution >= 4 is 0 Å². The van der Waals surface area contributed by atoms with Crippen LogP contribution in [-0.4, -0.2) is 24.4 Å². The Kier molecular flexibility index (Phi) is 4.48. The molecule has 0 aliphatic carbocycles. The molecule has 1 rings (SSSR count). The second-order valence-electron chi connectivity index (χ2n) is 4.51. The lowest BCUT2D eigenvalue weighted by Gasteiger charge is -2.26. The van der Waals surface area contributed by atoms with Gasteiger partial charge >= 0.3 is 6.61 Å². The molecule has 102 valence electrons. The van der Waals surface area contributed by atoms with Crippen molar-refractivity contribution < 1.29 is 23.4 Å². The van der Waals surface area contributed by atoms with Crippen molar-refractivity contribution in [3.8, 4) is 11.5 Å². The van der Waals surface area contributed by atoms with Crippen LogP contribution in [-0.2, 0) is 0 Å². The van der Waals surface area contributed by atoms with Crippen molar-refractivity contribution in [3.05, 3.63) is 23.8 Å².